The first-order valence-corrected chi connectivity index (χ1v) is 12.4. The fraction of sp³-hybridized carbons (Fsp3) is 0.280. The third-order valence-electron chi connectivity index (χ3n) is 5.75. The number of nitrogens with zero attached hydrogens (tertiary/aromatic N) is 4. The summed E-state index contributed by atoms with van der Waals surface area (Å²) in [5.41, 5.74) is 3.81. The lowest BCUT2D eigenvalue weighted by Crippen LogP contribution is -2.12. The van der Waals surface area contributed by atoms with Crippen LogP contribution >= 0.6 is 11.3 Å². The smallest absolute Gasteiger partial charge is 0.434 e. The Hall–Kier alpha value is -4.19. The zero-order valence-corrected chi connectivity index (χ0v) is 21.5. The van der Waals surface area contributed by atoms with Crippen molar-refractivity contribution in [3.8, 4) is 33.0 Å². The summed E-state index contributed by atoms with van der Waals surface area (Å²) in [6.07, 6.45) is 1.18. The second-order valence-corrected chi connectivity index (χ2v) is 9.33. The molecule has 0 saturated heterocycles. The maximum absolute atomic E-state index is 14.6. The normalized spacial score (nSPS) is 11.3. The molecule has 0 bridgehead atoms. The molecule has 0 radical (unpaired) electrons. The van der Waals surface area contributed by atoms with E-state index in [9.17, 15) is 9.18 Å². The fourth-order valence-corrected chi connectivity index (χ4v) is 5.23. The summed E-state index contributed by atoms with van der Waals surface area (Å²) < 4.78 is 32.7. The molecule has 12 heteroatoms. The van der Waals surface area contributed by atoms with Crippen LogP contribution < -0.4 is 20.5 Å². The van der Waals surface area contributed by atoms with Crippen LogP contribution in [0.25, 0.3) is 32.2 Å². The maximum Gasteiger partial charge on any atom is 0.434 e. The third-order valence-corrected chi connectivity index (χ3v) is 6.88. The molecule has 5 aromatic rings. The summed E-state index contributed by atoms with van der Waals surface area (Å²) in [5.74, 6) is 0.114. The van der Waals surface area contributed by atoms with Gasteiger partial charge in [0.05, 0.1) is 41.4 Å². The molecular weight excluding hydrogens is 499 g/mol. The van der Waals surface area contributed by atoms with Crippen LogP contribution in [0.5, 0.6) is 11.6 Å². The number of aromatic nitrogens is 5. The summed E-state index contributed by atoms with van der Waals surface area (Å²) >= 11 is 1.37. The van der Waals surface area contributed by atoms with Gasteiger partial charge in [0.2, 0.25) is 5.88 Å². The van der Waals surface area contributed by atoms with Gasteiger partial charge in [0.15, 0.2) is 5.82 Å². The molecule has 0 unspecified atom stereocenters. The lowest BCUT2D eigenvalue weighted by atomic mass is 10.2. The number of anilines is 1. The van der Waals surface area contributed by atoms with Gasteiger partial charge in [-0.25, -0.2) is 19.3 Å². The molecule has 192 valence electrons. The van der Waals surface area contributed by atoms with Gasteiger partial charge in [-0.3, -0.25) is 4.98 Å². The number of hydrogen-bond donors (Lipinski definition) is 2. The zero-order chi connectivity index (χ0) is 26.1. The van der Waals surface area contributed by atoms with Crippen LogP contribution in [0.1, 0.15) is 18.3 Å². The lowest BCUT2D eigenvalue weighted by Gasteiger charge is -2.12. The number of hydrogen-bond acceptors (Lipinski definition) is 9. The average Bonchev–Trinajstić information content (AvgIpc) is 3.57. The number of ether oxygens (including phenoxy) is 2. The fourth-order valence-electron chi connectivity index (χ4n) is 4.24. The molecule has 5 aromatic heterocycles. The number of H-pyrrole nitrogens is 1. The van der Waals surface area contributed by atoms with Crippen molar-refractivity contribution >= 4 is 27.9 Å². The van der Waals surface area contributed by atoms with Gasteiger partial charge in [-0.1, -0.05) is 0 Å². The van der Waals surface area contributed by atoms with Crippen molar-refractivity contribution in [2.75, 3.05) is 25.6 Å². The Balaban J connectivity index is 1.39. The SMILES string of the molecule is CCOc1cc(-c2cc(NCCn3c(C)cc4c(OC)ncc(F)c43)cc(C)n2)sc1-c1n[nH]c(=O)o1. The second-order valence-electron chi connectivity index (χ2n) is 8.28. The van der Waals surface area contributed by atoms with Gasteiger partial charge in [0.25, 0.3) is 5.89 Å². The van der Waals surface area contributed by atoms with Crippen LogP contribution in [0, 0.1) is 19.7 Å². The Labute approximate surface area is 215 Å². The number of halogens is 1. The highest BCUT2D eigenvalue weighted by Crippen LogP contribution is 2.42. The van der Waals surface area contributed by atoms with Gasteiger partial charge in [-0.2, -0.15) is 0 Å². The molecule has 0 fully saturated rings. The van der Waals surface area contributed by atoms with Crippen LogP contribution in [0.2, 0.25) is 0 Å². The van der Waals surface area contributed by atoms with Gasteiger partial charge in [0.1, 0.15) is 10.6 Å². The molecule has 0 aliphatic carbocycles. The van der Waals surface area contributed by atoms with Crippen molar-refractivity contribution in [3.63, 3.8) is 0 Å². The van der Waals surface area contributed by atoms with Crippen LogP contribution in [-0.4, -0.2) is 45.0 Å². The van der Waals surface area contributed by atoms with Crippen molar-refractivity contribution in [2.45, 2.75) is 27.3 Å². The third kappa shape index (κ3) is 4.79. The summed E-state index contributed by atoms with van der Waals surface area (Å²) in [6.45, 7) is 7.25. The van der Waals surface area contributed by atoms with E-state index in [1.807, 2.05) is 49.6 Å². The number of aromatic amines is 1. The van der Waals surface area contributed by atoms with E-state index in [1.54, 1.807) is 0 Å². The summed E-state index contributed by atoms with van der Waals surface area (Å²) in [4.78, 5) is 21.6. The second kappa shape index (κ2) is 10.1. The number of pyridine rings is 2. The average molecular weight is 525 g/mol. The largest absolute Gasteiger partial charge is 0.492 e. The van der Waals surface area contributed by atoms with Gasteiger partial charge in [0, 0.05) is 36.2 Å². The van der Waals surface area contributed by atoms with E-state index in [-0.39, 0.29) is 5.89 Å². The van der Waals surface area contributed by atoms with E-state index in [0.29, 0.717) is 47.1 Å². The number of aryl methyl sites for hydroxylation is 2. The number of thiophene rings is 1. The number of nitrogens with one attached hydrogen (secondary N) is 2. The predicted molar refractivity (Wildman–Crippen MR) is 139 cm³/mol. The molecule has 10 nitrogen and oxygen atoms in total. The Morgan fingerprint density at radius 2 is 2.08 bits per heavy atom. The molecule has 0 aliphatic rings. The molecular formula is C25H25FN6O4S. The molecule has 2 N–H and O–H groups in total. The lowest BCUT2D eigenvalue weighted by molar-refractivity contribution is 0.342. The Kier molecular flexibility index (Phi) is 6.66. The Bertz CT molecular complexity index is 1640. The molecule has 5 rings (SSSR count). The number of rotatable bonds is 9. The Morgan fingerprint density at radius 3 is 2.81 bits per heavy atom. The molecule has 5 heterocycles. The van der Waals surface area contributed by atoms with Crippen molar-refractivity contribution in [3.05, 3.63) is 58.2 Å². The first-order chi connectivity index (χ1) is 17.9. The molecule has 0 atom stereocenters. The molecule has 0 saturated carbocycles. The Morgan fingerprint density at radius 1 is 1.24 bits per heavy atom. The van der Waals surface area contributed by atoms with Gasteiger partial charge in [-0.05, 0) is 39.0 Å². The first-order valence-electron chi connectivity index (χ1n) is 11.6. The van der Waals surface area contributed by atoms with Crippen molar-refractivity contribution in [1.29, 1.82) is 0 Å². The minimum Gasteiger partial charge on any atom is -0.492 e. The molecule has 0 aliphatic heterocycles. The monoisotopic (exact) mass is 524 g/mol. The van der Waals surface area contributed by atoms with Gasteiger partial charge < -0.3 is 23.8 Å². The quantitative estimate of drug-likeness (QED) is 0.283. The van der Waals surface area contributed by atoms with Gasteiger partial charge >= 0.3 is 5.76 Å². The van der Waals surface area contributed by atoms with E-state index >= 15 is 0 Å². The van der Waals surface area contributed by atoms with Crippen molar-refractivity contribution in [2.24, 2.45) is 0 Å². The van der Waals surface area contributed by atoms with Crippen molar-refractivity contribution in [1.82, 2.24) is 24.7 Å². The van der Waals surface area contributed by atoms with Gasteiger partial charge in [-0.15, -0.1) is 16.4 Å². The maximum atomic E-state index is 14.6. The van der Waals surface area contributed by atoms with E-state index in [0.717, 1.165) is 27.6 Å². The van der Waals surface area contributed by atoms with Crippen LogP contribution in [0.3, 0.4) is 0 Å². The summed E-state index contributed by atoms with van der Waals surface area (Å²) in [6, 6.07) is 7.63. The van der Waals surface area contributed by atoms with Crippen molar-refractivity contribution < 1.29 is 18.3 Å². The van der Waals surface area contributed by atoms with Crippen LogP contribution in [0.4, 0.5) is 10.1 Å². The number of fused-ring (bicyclic) bond motifs is 1. The molecule has 0 amide bonds. The summed E-state index contributed by atoms with van der Waals surface area (Å²) in [7, 11) is 1.52. The van der Waals surface area contributed by atoms with E-state index in [1.165, 1.54) is 24.6 Å². The highest BCUT2D eigenvalue weighted by molar-refractivity contribution is 7.19. The minimum absolute atomic E-state index is 0.170. The van der Waals surface area contributed by atoms with E-state index in [4.69, 9.17) is 13.9 Å². The highest BCUT2D eigenvalue weighted by atomic mass is 32.1. The first kappa shape index (κ1) is 24.5. The van der Waals surface area contributed by atoms with Crippen LogP contribution in [0.15, 0.2) is 39.7 Å². The van der Waals surface area contributed by atoms with Crippen LogP contribution in [-0.2, 0) is 6.54 Å². The van der Waals surface area contributed by atoms with E-state index < -0.39 is 11.6 Å². The minimum atomic E-state index is -0.632. The number of methoxy groups -OCH3 is 1. The molecule has 0 spiro atoms. The predicted octanol–water partition coefficient (Wildman–Crippen LogP) is 4.78. The highest BCUT2D eigenvalue weighted by Gasteiger charge is 2.19. The summed E-state index contributed by atoms with van der Waals surface area (Å²) in [5, 5.41) is 10.3. The zero-order valence-electron chi connectivity index (χ0n) is 20.7. The topological polar surface area (TPSA) is 120 Å². The molecule has 37 heavy (non-hydrogen) atoms. The molecule has 0 aromatic carbocycles. The van der Waals surface area contributed by atoms with E-state index in [2.05, 4.69) is 25.5 Å². The standard InChI is InChI=1S/C25H25FN6O4S/c1-5-35-19-11-20(37-22(19)24-30-31-25(33)36-24)18-10-15(8-13(2)29-18)27-6-7-32-14(3)9-16-21(32)17(26)12-28-23(16)34-4/h8-12H,5-7H2,1-4H3,(H,27,29)(H,31,33).